The van der Waals surface area contributed by atoms with Crippen molar-refractivity contribution in [1.29, 1.82) is 0 Å². The number of anilines is 1. The molecule has 1 saturated heterocycles. The second kappa shape index (κ2) is 7.36. The van der Waals surface area contributed by atoms with Crippen molar-refractivity contribution in [2.24, 2.45) is 0 Å². The fraction of sp³-hybridized carbons (Fsp3) is 0.467. The monoisotopic (exact) mass is 307 g/mol. The number of benzene rings is 1. The molecule has 114 valence electrons. The standard InChI is InChI=1S/C13H15N3O.C2H6OS/c1-17-11-6-4-5-10-12(11)14-9-15-13(10)16-7-2-3-8-16;1-4(2)3/h4-6,9H,2-3,7-8H2,1H3;1-2H3. The zero-order valence-electron chi connectivity index (χ0n) is 12.7. The number of aromatic nitrogens is 2. The number of para-hydroxylation sites is 1. The summed E-state index contributed by atoms with van der Waals surface area (Å²) in [6.45, 7) is 2.17. The maximum Gasteiger partial charge on any atom is 0.145 e. The van der Waals surface area contributed by atoms with E-state index in [1.54, 1.807) is 25.9 Å². The van der Waals surface area contributed by atoms with Gasteiger partial charge in [-0.2, -0.15) is 0 Å². The van der Waals surface area contributed by atoms with Crippen LogP contribution in [0.1, 0.15) is 12.8 Å². The summed E-state index contributed by atoms with van der Waals surface area (Å²) in [5.41, 5.74) is 0.895. The van der Waals surface area contributed by atoms with E-state index in [2.05, 4.69) is 20.9 Å². The molecule has 0 unspecified atom stereocenters. The quantitative estimate of drug-likeness (QED) is 0.851. The van der Waals surface area contributed by atoms with Gasteiger partial charge in [0.15, 0.2) is 0 Å². The van der Waals surface area contributed by atoms with E-state index in [-0.39, 0.29) is 0 Å². The first kappa shape index (κ1) is 15.7. The van der Waals surface area contributed by atoms with Crippen molar-refractivity contribution in [3.63, 3.8) is 0 Å². The van der Waals surface area contributed by atoms with E-state index in [0.29, 0.717) is 0 Å². The number of ether oxygens (including phenoxy) is 1. The van der Waals surface area contributed by atoms with Crippen LogP contribution in [-0.4, -0.2) is 46.9 Å². The number of nitrogens with zero attached hydrogens (tertiary/aromatic N) is 3. The Morgan fingerprint density at radius 2 is 1.86 bits per heavy atom. The summed E-state index contributed by atoms with van der Waals surface area (Å²) in [4.78, 5) is 11.1. The van der Waals surface area contributed by atoms with Gasteiger partial charge in [0.1, 0.15) is 23.4 Å². The molecule has 0 N–H and O–H groups in total. The van der Waals surface area contributed by atoms with Crippen molar-refractivity contribution < 1.29 is 8.95 Å². The van der Waals surface area contributed by atoms with Gasteiger partial charge in [-0.3, -0.25) is 4.21 Å². The van der Waals surface area contributed by atoms with Crippen LogP contribution in [0.2, 0.25) is 0 Å². The maximum absolute atomic E-state index is 9.56. The highest BCUT2D eigenvalue weighted by molar-refractivity contribution is 7.83. The summed E-state index contributed by atoms with van der Waals surface area (Å²) < 4.78 is 14.9. The molecule has 5 nitrogen and oxygen atoms in total. The smallest absolute Gasteiger partial charge is 0.145 e. The van der Waals surface area contributed by atoms with E-state index in [9.17, 15) is 4.21 Å². The molecule has 1 aliphatic heterocycles. The molecule has 1 fully saturated rings. The predicted octanol–water partition coefficient (Wildman–Crippen LogP) is 2.23. The number of fused-ring (bicyclic) bond motifs is 1. The Labute approximate surface area is 127 Å². The molecule has 0 spiro atoms. The predicted molar refractivity (Wildman–Crippen MR) is 87.5 cm³/mol. The van der Waals surface area contributed by atoms with Crippen LogP contribution in [0.3, 0.4) is 0 Å². The second-order valence-corrected chi connectivity index (χ2v) is 6.47. The highest BCUT2D eigenvalue weighted by Crippen LogP contribution is 2.30. The molecule has 3 rings (SSSR count). The van der Waals surface area contributed by atoms with Crippen molar-refractivity contribution in [1.82, 2.24) is 9.97 Å². The summed E-state index contributed by atoms with van der Waals surface area (Å²) in [6, 6.07) is 5.98. The molecule has 1 aliphatic rings. The lowest BCUT2D eigenvalue weighted by Gasteiger charge is -2.18. The van der Waals surface area contributed by atoms with Crippen molar-refractivity contribution in [3.8, 4) is 5.75 Å². The highest BCUT2D eigenvalue weighted by Gasteiger charge is 2.17. The molecule has 6 heteroatoms. The van der Waals surface area contributed by atoms with E-state index >= 15 is 0 Å². The Hall–Kier alpha value is -1.69. The van der Waals surface area contributed by atoms with Gasteiger partial charge >= 0.3 is 0 Å². The molecule has 0 bridgehead atoms. The molecule has 0 amide bonds. The third kappa shape index (κ3) is 3.91. The van der Waals surface area contributed by atoms with Gasteiger partial charge in [-0.05, 0) is 25.0 Å². The minimum absolute atomic E-state index is 0.611. The summed E-state index contributed by atoms with van der Waals surface area (Å²) in [5.74, 6) is 1.84. The van der Waals surface area contributed by atoms with Gasteiger partial charge in [0.05, 0.1) is 7.11 Å². The lowest BCUT2D eigenvalue weighted by atomic mass is 10.2. The fourth-order valence-corrected chi connectivity index (χ4v) is 2.39. The molecule has 2 aromatic rings. The topological polar surface area (TPSA) is 55.3 Å². The van der Waals surface area contributed by atoms with Gasteiger partial charge in [0.2, 0.25) is 0 Å². The van der Waals surface area contributed by atoms with Crippen molar-refractivity contribution in [2.45, 2.75) is 12.8 Å². The molecular weight excluding hydrogens is 286 g/mol. The zero-order chi connectivity index (χ0) is 15.2. The highest BCUT2D eigenvalue weighted by atomic mass is 32.2. The fourth-order valence-electron chi connectivity index (χ4n) is 2.39. The largest absolute Gasteiger partial charge is 0.494 e. The average molecular weight is 307 g/mol. The number of hydrogen-bond acceptors (Lipinski definition) is 5. The van der Waals surface area contributed by atoms with Gasteiger partial charge in [-0.15, -0.1) is 0 Å². The SMILES string of the molecule is COc1cccc2c(N3CCCC3)ncnc12.CS(C)=O. The molecule has 0 atom stereocenters. The molecule has 0 aliphatic carbocycles. The van der Waals surface area contributed by atoms with Crippen LogP contribution in [0, 0.1) is 0 Å². The van der Waals surface area contributed by atoms with Crippen LogP contribution in [0.25, 0.3) is 10.9 Å². The molecule has 0 radical (unpaired) electrons. The van der Waals surface area contributed by atoms with Crippen LogP contribution >= 0.6 is 0 Å². The number of methoxy groups -OCH3 is 1. The summed E-state index contributed by atoms with van der Waals surface area (Å²) in [5, 5.41) is 1.08. The molecule has 0 saturated carbocycles. The second-order valence-electron chi connectivity index (χ2n) is 4.99. The molecular formula is C15H21N3O2S. The van der Waals surface area contributed by atoms with Crippen molar-refractivity contribution in [2.75, 3.05) is 37.6 Å². The lowest BCUT2D eigenvalue weighted by molar-refractivity contribution is 0.419. The van der Waals surface area contributed by atoms with Gasteiger partial charge in [0.25, 0.3) is 0 Å². The van der Waals surface area contributed by atoms with Crippen LogP contribution < -0.4 is 9.64 Å². The van der Waals surface area contributed by atoms with Crippen LogP contribution in [-0.2, 0) is 10.8 Å². The van der Waals surface area contributed by atoms with Crippen molar-refractivity contribution in [3.05, 3.63) is 24.5 Å². The Morgan fingerprint density at radius 1 is 1.19 bits per heavy atom. The normalized spacial score (nSPS) is 14.2. The van der Waals surface area contributed by atoms with Gasteiger partial charge in [-0.25, -0.2) is 9.97 Å². The van der Waals surface area contributed by atoms with Gasteiger partial charge < -0.3 is 9.64 Å². The lowest BCUT2D eigenvalue weighted by Crippen LogP contribution is -2.19. The van der Waals surface area contributed by atoms with E-state index in [1.165, 1.54) is 12.8 Å². The summed E-state index contributed by atoms with van der Waals surface area (Å²) >= 11 is 0. The molecule has 1 aromatic carbocycles. The van der Waals surface area contributed by atoms with E-state index < -0.39 is 10.8 Å². The Balaban J connectivity index is 0.000000361. The molecule has 1 aromatic heterocycles. The van der Waals surface area contributed by atoms with Crippen LogP contribution in [0.4, 0.5) is 5.82 Å². The van der Waals surface area contributed by atoms with E-state index in [0.717, 1.165) is 35.6 Å². The van der Waals surface area contributed by atoms with Gasteiger partial charge in [-0.1, -0.05) is 6.07 Å². The first-order valence-electron chi connectivity index (χ1n) is 6.91. The first-order chi connectivity index (χ1) is 10.1. The Morgan fingerprint density at radius 3 is 2.48 bits per heavy atom. The van der Waals surface area contributed by atoms with Crippen LogP contribution in [0.15, 0.2) is 24.5 Å². The van der Waals surface area contributed by atoms with E-state index in [1.807, 2.05) is 12.1 Å². The van der Waals surface area contributed by atoms with Crippen molar-refractivity contribution >= 4 is 27.5 Å². The molecule has 2 heterocycles. The zero-order valence-corrected chi connectivity index (χ0v) is 13.5. The van der Waals surface area contributed by atoms with Gasteiger partial charge in [0, 0.05) is 41.8 Å². The number of rotatable bonds is 2. The minimum Gasteiger partial charge on any atom is -0.494 e. The molecule has 21 heavy (non-hydrogen) atoms. The maximum atomic E-state index is 9.56. The Bertz CT molecular complexity index is 623. The first-order valence-corrected chi connectivity index (χ1v) is 8.88. The third-order valence-electron chi connectivity index (χ3n) is 3.23. The third-order valence-corrected chi connectivity index (χ3v) is 3.23. The summed E-state index contributed by atoms with van der Waals surface area (Å²) in [6.07, 6.45) is 7.39. The van der Waals surface area contributed by atoms with E-state index in [4.69, 9.17) is 4.74 Å². The minimum atomic E-state index is -0.611. The summed E-state index contributed by atoms with van der Waals surface area (Å²) in [7, 11) is 1.06. The van der Waals surface area contributed by atoms with Crippen LogP contribution in [0.5, 0.6) is 5.75 Å². The Kier molecular flexibility index (Phi) is 5.50. The average Bonchev–Trinajstić information content (AvgIpc) is 2.99. The number of hydrogen-bond donors (Lipinski definition) is 0.